The standard InChI is InChI=1S/C13H14N4O2/c1-16-10-15-17(13(16)18)7-2-8-19-12-5-3-11(9-14)4-6-12/h3-6,10H,2,7-8H2,1H3. The Labute approximate surface area is 110 Å². The molecule has 0 aliphatic heterocycles. The van der Waals surface area contributed by atoms with Crippen molar-refractivity contribution in [2.75, 3.05) is 6.61 Å². The van der Waals surface area contributed by atoms with Crippen molar-refractivity contribution in [2.45, 2.75) is 13.0 Å². The summed E-state index contributed by atoms with van der Waals surface area (Å²) in [6.45, 7) is 1.02. The SMILES string of the molecule is Cn1cnn(CCCOc2ccc(C#N)cc2)c1=O. The highest BCUT2D eigenvalue weighted by molar-refractivity contribution is 5.34. The van der Waals surface area contributed by atoms with Crippen LogP contribution in [0.5, 0.6) is 5.75 Å². The number of aromatic nitrogens is 3. The Morgan fingerprint density at radius 3 is 2.68 bits per heavy atom. The summed E-state index contributed by atoms with van der Waals surface area (Å²) in [7, 11) is 1.67. The first kappa shape index (κ1) is 12.9. The van der Waals surface area contributed by atoms with Crippen LogP contribution in [-0.2, 0) is 13.6 Å². The zero-order valence-electron chi connectivity index (χ0n) is 10.6. The fraction of sp³-hybridized carbons (Fsp3) is 0.308. The molecular formula is C13H14N4O2. The Kier molecular flexibility index (Phi) is 3.98. The van der Waals surface area contributed by atoms with Crippen LogP contribution in [0.1, 0.15) is 12.0 Å². The topological polar surface area (TPSA) is 72.8 Å². The van der Waals surface area contributed by atoms with Gasteiger partial charge in [-0.3, -0.25) is 4.57 Å². The average molecular weight is 258 g/mol. The highest BCUT2D eigenvalue weighted by atomic mass is 16.5. The van der Waals surface area contributed by atoms with Crippen molar-refractivity contribution >= 4 is 0 Å². The Hall–Kier alpha value is -2.55. The van der Waals surface area contributed by atoms with Gasteiger partial charge < -0.3 is 4.74 Å². The lowest BCUT2D eigenvalue weighted by Crippen LogP contribution is -2.23. The summed E-state index contributed by atoms with van der Waals surface area (Å²) in [6, 6.07) is 8.97. The van der Waals surface area contributed by atoms with Crippen molar-refractivity contribution < 1.29 is 4.74 Å². The highest BCUT2D eigenvalue weighted by Crippen LogP contribution is 2.11. The Morgan fingerprint density at radius 1 is 1.37 bits per heavy atom. The molecule has 0 amide bonds. The van der Waals surface area contributed by atoms with Crippen LogP contribution in [-0.4, -0.2) is 21.0 Å². The number of rotatable bonds is 5. The third-order valence-electron chi connectivity index (χ3n) is 2.65. The molecule has 0 aliphatic rings. The lowest BCUT2D eigenvalue weighted by molar-refractivity contribution is 0.297. The van der Waals surface area contributed by atoms with E-state index in [-0.39, 0.29) is 5.69 Å². The van der Waals surface area contributed by atoms with Gasteiger partial charge in [0.2, 0.25) is 0 Å². The van der Waals surface area contributed by atoms with E-state index < -0.39 is 0 Å². The number of hydrogen-bond acceptors (Lipinski definition) is 4. The molecule has 6 nitrogen and oxygen atoms in total. The number of nitriles is 1. The summed E-state index contributed by atoms with van der Waals surface area (Å²) in [6.07, 6.45) is 2.18. The lowest BCUT2D eigenvalue weighted by atomic mass is 10.2. The van der Waals surface area contributed by atoms with Gasteiger partial charge in [-0.15, -0.1) is 0 Å². The minimum absolute atomic E-state index is 0.127. The van der Waals surface area contributed by atoms with Gasteiger partial charge in [-0.25, -0.2) is 9.48 Å². The van der Waals surface area contributed by atoms with Crippen molar-refractivity contribution in [1.82, 2.24) is 14.3 Å². The molecule has 98 valence electrons. The molecule has 0 saturated heterocycles. The average Bonchev–Trinajstić information content (AvgIpc) is 2.76. The molecule has 0 aliphatic carbocycles. The Balaban J connectivity index is 1.79. The molecule has 0 fully saturated rings. The van der Waals surface area contributed by atoms with Crippen molar-refractivity contribution in [3.63, 3.8) is 0 Å². The summed E-state index contributed by atoms with van der Waals surface area (Å²) in [5, 5.41) is 12.6. The molecule has 2 rings (SSSR count). The molecular weight excluding hydrogens is 244 g/mol. The normalized spacial score (nSPS) is 10.1. The van der Waals surface area contributed by atoms with E-state index in [1.165, 1.54) is 15.6 Å². The fourth-order valence-electron chi connectivity index (χ4n) is 1.60. The van der Waals surface area contributed by atoms with Gasteiger partial charge >= 0.3 is 5.69 Å². The zero-order valence-corrected chi connectivity index (χ0v) is 10.6. The van der Waals surface area contributed by atoms with Crippen molar-refractivity contribution in [3.8, 4) is 11.8 Å². The molecule has 6 heteroatoms. The molecule has 1 heterocycles. The minimum Gasteiger partial charge on any atom is -0.494 e. The Morgan fingerprint density at radius 2 is 2.11 bits per heavy atom. The van der Waals surface area contributed by atoms with E-state index in [1.807, 2.05) is 6.07 Å². The molecule has 0 radical (unpaired) electrons. The third-order valence-corrected chi connectivity index (χ3v) is 2.65. The van der Waals surface area contributed by atoms with E-state index in [0.29, 0.717) is 30.9 Å². The largest absolute Gasteiger partial charge is 0.494 e. The smallest absolute Gasteiger partial charge is 0.345 e. The van der Waals surface area contributed by atoms with E-state index in [9.17, 15) is 4.79 Å². The summed E-state index contributed by atoms with van der Waals surface area (Å²) in [4.78, 5) is 11.5. The van der Waals surface area contributed by atoms with E-state index in [0.717, 1.165) is 0 Å². The van der Waals surface area contributed by atoms with Crippen LogP contribution in [0.15, 0.2) is 35.4 Å². The maximum absolute atomic E-state index is 11.5. The molecule has 0 bridgehead atoms. The first-order valence-electron chi connectivity index (χ1n) is 5.92. The van der Waals surface area contributed by atoms with Crippen LogP contribution in [0.4, 0.5) is 0 Å². The second-order valence-electron chi connectivity index (χ2n) is 4.09. The second-order valence-corrected chi connectivity index (χ2v) is 4.09. The molecule has 0 saturated carbocycles. The zero-order chi connectivity index (χ0) is 13.7. The predicted octanol–water partition coefficient (Wildman–Crippen LogP) is 0.923. The predicted molar refractivity (Wildman–Crippen MR) is 68.7 cm³/mol. The van der Waals surface area contributed by atoms with Gasteiger partial charge in [0.1, 0.15) is 12.1 Å². The number of aryl methyl sites for hydroxylation is 2. The molecule has 0 N–H and O–H groups in total. The van der Waals surface area contributed by atoms with Gasteiger partial charge in [-0.2, -0.15) is 10.4 Å². The number of ether oxygens (including phenoxy) is 1. The molecule has 0 spiro atoms. The summed E-state index contributed by atoms with van der Waals surface area (Å²) >= 11 is 0. The molecule has 0 atom stereocenters. The Bertz CT molecular complexity index is 634. The number of nitrogens with zero attached hydrogens (tertiary/aromatic N) is 4. The first-order chi connectivity index (χ1) is 9.20. The second kappa shape index (κ2) is 5.87. The quantitative estimate of drug-likeness (QED) is 0.748. The molecule has 0 unspecified atom stereocenters. The van der Waals surface area contributed by atoms with Gasteiger partial charge in [0.15, 0.2) is 0 Å². The summed E-state index contributed by atoms with van der Waals surface area (Å²) in [5.41, 5.74) is 0.478. The minimum atomic E-state index is -0.127. The highest BCUT2D eigenvalue weighted by Gasteiger charge is 2.01. The maximum atomic E-state index is 11.5. The van der Waals surface area contributed by atoms with E-state index in [4.69, 9.17) is 10.00 Å². The molecule has 2 aromatic rings. The maximum Gasteiger partial charge on any atom is 0.345 e. The summed E-state index contributed by atoms with van der Waals surface area (Å²) in [5.74, 6) is 0.715. The van der Waals surface area contributed by atoms with Crippen LogP contribution in [0.2, 0.25) is 0 Å². The van der Waals surface area contributed by atoms with E-state index in [1.54, 1.807) is 31.3 Å². The lowest BCUT2D eigenvalue weighted by Gasteiger charge is -2.05. The van der Waals surface area contributed by atoms with E-state index in [2.05, 4.69) is 5.10 Å². The van der Waals surface area contributed by atoms with Crippen molar-refractivity contribution in [3.05, 3.63) is 46.6 Å². The van der Waals surface area contributed by atoms with Crippen LogP contribution >= 0.6 is 0 Å². The van der Waals surface area contributed by atoms with Crippen LogP contribution in [0.3, 0.4) is 0 Å². The van der Waals surface area contributed by atoms with Gasteiger partial charge in [0, 0.05) is 20.0 Å². The van der Waals surface area contributed by atoms with Crippen LogP contribution < -0.4 is 10.4 Å². The van der Waals surface area contributed by atoms with Crippen LogP contribution in [0, 0.1) is 11.3 Å². The van der Waals surface area contributed by atoms with Gasteiger partial charge in [-0.05, 0) is 24.3 Å². The molecule has 1 aromatic carbocycles. The van der Waals surface area contributed by atoms with E-state index >= 15 is 0 Å². The van der Waals surface area contributed by atoms with Crippen molar-refractivity contribution in [2.24, 2.45) is 7.05 Å². The third kappa shape index (κ3) is 3.22. The number of hydrogen-bond donors (Lipinski definition) is 0. The van der Waals surface area contributed by atoms with Gasteiger partial charge in [0.25, 0.3) is 0 Å². The number of benzene rings is 1. The monoisotopic (exact) mass is 258 g/mol. The van der Waals surface area contributed by atoms with Gasteiger partial charge in [0.05, 0.1) is 18.2 Å². The fourth-order valence-corrected chi connectivity index (χ4v) is 1.60. The molecule has 19 heavy (non-hydrogen) atoms. The molecule has 1 aromatic heterocycles. The summed E-state index contributed by atoms with van der Waals surface area (Å²) < 4.78 is 8.35. The van der Waals surface area contributed by atoms with Gasteiger partial charge in [-0.1, -0.05) is 0 Å². The first-order valence-corrected chi connectivity index (χ1v) is 5.92. The van der Waals surface area contributed by atoms with Crippen LogP contribution in [0.25, 0.3) is 0 Å². The van der Waals surface area contributed by atoms with Crippen molar-refractivity contribution in [1.29, 1.82) is 5.26 Å².